The van der Waals surface area contributed by atoms with Gasteiger partial charge >= 0.3 is 0 Å². The van der Waals surface area contributed by atoms with Crippen molar-refractivity contribution in [2.24, 2.45) is 0 Å². The Balaban J connectivity index is 1.73. The number of hydrogen-bond donors (Lipinski definition) is 0. The molecular weight excluding hydrogens is 410 g/mol. The Bertz CT molecular complexity index is 861. The lowest BCUT2D eigenvalue weighted by Crippen LogP contribution is -2.46. The third kappa shape index (κ3) is 6.00. The van der Waals surface area contributed by atoms with Crippen LogP contribution >= 0.6 is 11.6 Å². The number of methoxy groups -OCH3 is 1. The summed E-state index contributed by atoms with van der Waals surface area (Å²) in [5.74, 6) is 0.112. The predicted molar refractivity (Wildman–Crippen MR) is 127 cm³/mol. The quantitative estimate of drug-likeness (QED) is 0.594. The molecule has 0 bridgehead atoms. The standard InChI is InChI=1S/C25H34ClN3O2/c1-5-23(28-12-10-27(11-13-28)14-15-31-4)16-21-18-29(25(30)24(21)19(2)3)17-20-6-8-22(26)9-7-20/h5-9,16H,10-15,17-18H2,1-4H3/b21-16-,23-5+. The molecule has 0 aliphatic carbocycles. The van der Waals surface area contributed by atoms with Crippen LogP contribution in [0.2, 0.25) is 5.02 Å². The van der Waals surface area contributed by atoms with Crippen LogP contribution in [0.25, 0.3) is 0 Å². The van der Waals surface area contributed by atoms with E-state index in [4.69, 9.17) is 16.3 Å². The molecule has 3 rings (SSSR count). The van der Waals surface area contributed by atoms with Gasteiger partial charge in [-0.1, -0.05) is 35.4 Å². The predicted octanol–water partition coefficient (Wildman–Crippen LogP) is 4.11. The Kier molecular flexibility index (Phi) is 8.35. The summed E-state index contributed by atoms with van der Waals surface area (Å²) in [6.07, 6.45) is 4.37. The smallest absolute Gasteiger partial charge is 0.254 e. The summed E-state index contributed by atoms with van der Waals surface area (Å²) in [7, 11) is 1.75. The lowest BCUT2D eigenvalue weighted by molar-refractivity contribution is -0.125. The number of likely N-dealkylation sites (tertiary alicyclic amines) is 1. The van der Waals surface area contributed by atoms with Crippen molar-refractivity contribution in [3.8, 4) is 0 Å². The summed E-state index contributed by atoms with van der Waals surface area (Å²) in [5.41, 5.74) is 5.31. The van der Waals surface area contributed by atoms with E-state index in [1.807, 2.05) is 43.0 Å². The molecule has 2 saturated heterocycles. The molecule has 0 spiro atoms. The molecule has 2 aliphatic rings. The first kappa shape index (κ1) is 23.6. The molecule has 1 amide bonds. The lowest BCUT2D eigenvalue weighted by atomic mass is 10.0. The number of amides is 1. The van der Waals surface area contributed by atoms with Crippen LogP contribution in [0, 0.1) is 0 Å². The number of piperazine rings is 1. The Morgan fingerprint density at radius 2 is 1.81 bits per heavy atom. The van der Waals surface area contributed by atoms with Crippen LogP contribution < -0.4 is 0 Å². The second kappa shape index (κ2) is 11.0. The van der Waals surface area contributed by atoms with E-state index in [-0.39, 0.29) is 5.91 Å². The van der Waals surface area contributed by atoms with Gasteiger partial charge in [-0.15, -0.1) is 0 Å². The number of carbonyl (C=O) groups excluding carboxylic acids is 1. The molecule has 0 radical (unpaired) electrons. The van der Waals surface area contributed by atoms with Gasteiger partial charge in [-0.25, -0.2) is 0 Å². The third-order valence-electron chi connectivity index (χ3n) is 5.94. The highest BCUT2D eigenvalue weighted by Gasteiger charge is 2.31. The Hall–Kier alpha value is -2.08. The van der Waals surface area contributed by atoms with E-state index in [1.54, 1.807) is 7.11 Å². The fourth-order valence-corrected chi connectivity index (χ4v) is 4.35. The van der Waals surface area contributed by atoms with Gasteiger partial charge in [0.05, 0.1) is 6.61 Å². The molecule has 1 aromatic rings. The van der Waals surface area contributed by atoms with Crippen molar-refractivity contribution in [3.63, 3.8) is 0 Å². The van der Waals surface area contributed by atoms with E-state index in [0.29, 0.717) is 18.1 Å². The number of allylic oxidation sites excluding steroid dienone is 3. The molecule has 0 saturated carbocycles. The molecule has 31 heavy (non-hydrogen) atoms. The molecule has 2 heterocycles. The van der Waals surface area contributed by atoms with Crippen molar-refractivity contribution in [3.05, 3.63) is 69.4 Å². The molecule has 1 aromatic carbocycles. The Labute approximate surface area is 191 Å². The Morgan fingerprint density at radius 1 is 1.13 bits per heavy atom. The average molecular weight is 444 g/mol. The molecule has 2 aliphatic heterocycles. The zero-order valence-electron chi connectivity index (χ0n) is 19.2. The second-order valence-corrected chi connectivity index (χ2v) is 8.80. The molecule has 6 heteroatoms. The highest BCUT2D eigenvalue weighted by molar-refractivity contribution is 6.30. The van der Waals surface area contributed by atoms with Gasteiger partial charge in [-0.3, -0.25) is 9.69 Å². The highest BCUT2D eigenvalue weighted by Crippen LogP contribution is 2.30. The number of nitrogens with zero attached hydrogens (tertiary/aromatic N) is 3. The third-order valence-corrected chi connectivity index (χ3v) is 6.19. The van der Waals surface area contributed by atoms with Gasteiger partial charge in [0, 0.05) is 69.2 Å². The summed E-state index contributed by atoms with van der Waals surface area (Å²) in [6.45, 7) is 13.1. The summed E-state index contributed by atoms with van der Waals surface area (Å²) in [4.78, 5) is 20.0. The van der Waals surface area contributed by atoms with Crippen LogP contribution in [-0.4, -0.2) is 73.6 Å². The maximum absolute atomic E-state index is 13.2. The second-order valence-electron chi connectivity index (χ2n) is 8.37. The summed E-state index contributed by atoms with van der Waals surface area (Å²) in [6, 6.07) is 7.72. The minimum absolute atomic E-state index is 0.112. The van der Waals surface area contributed by atoms with Crippen molar-refractivity contribution in [1.82, 2.24) is 14.7 Å². The van der Waals surface area contributed by atoms with Crippen molar-refractivity contribution in [2.45, 2.75) is 27.3 Å². The normalized spacial score (nSPS) is 19.6. The van der Waals surface area contributed by atoms with Crippen molar-refractivity contribution in [1.29, 1.82) is 0 Å². The van der Waals surface area contributed by atoms with Crippen LogP contribution in [0.15, 0.2) is 58.8 Å². The van der Waals surface area contributed by atoms with E-state index in [0.717, 1.165) is 61.6 Å². The van der Waals surface area contributed by atoms with Crippen molar-refractivity contribution < 1.29 is 9.53 Å². The molecule has 0 atom stereocenters. The Morgan fingerprint density at radius 3 is 2.39 bits per heavy atom. The molecule has 0 unspecified atom stereocenters. The molecule has 2 fully saturated rings. The minimum atomic E-state index is 0.112. The highest BCUT2D eigenvalue weighted by atomic mass is 35.5. The van der Waals surface area contributed by atoms with Crippen LogP contribution in [0.5, 0.6) is 0 Å². The number of halogens is 1. The molecule has 5 nitrogen and oxygen atoms in total. The monoisotopic (exact) mass is 443 g/mol. The first-order chi connectivity index (χ1) is 14.9. The summed E-state index contributed by atoms with van der Waals surface area (Å²) >= 11 is 6.01. The maximum Gasteiger partial charge on any atom is 0.254 e. The SMILES string of the molecule is C/C=C(\C=C1\CN(Cc2ccc(Cl)cc2)C(=O)C1=C(C)C)N1CCN(CCOC)CC1. The summed E-state index contributed by atoms with van der Waals surface area (Å²) in [5, 5.41) is 0.710. The first-order valence-corrected chi connectivity index (χ1v) is 11.4. The number of rotatable bonds is 7. The maximum atomic E-state index is 13.2. The summed E-state index contributed by atoms with van der Waals surface area (Å²) < 4.78 is 5.21. The van der Waals surface area contributed by atoms with E-state index in [9.17, 15) is 4.79 Å². The van der Waals surface area contributed by atoms with Crippen LogP contribution in [0.1, 0.15) is 26.3 Å². The van der Waals surface area contributed by atoms with E-state index < -0.39 is 0 Å². The topological polar surface area (TPSA) is 36.0 Å². The fraction of sp³-hybridized carbons (Fsp3) is 0.480. The van der Waals surface area contributed by atoms with Crippen LogP contribution in [0.4, 0.5) is 0 Å². The zero-order chi connectivity index (χ0) is 22.4. The number of carbonyl (C=O) groups is 1. The van der Waals surface area contributed by atoms with Gasteiger partial charge in [-0.2, -0.15) is 0 Å². The number of benzene rings is 1. The van der Waals surface area contributed by atoms with Crippen molar-refractivity contribution in [2.75, 3.05) is 53.0 Å². The van der Waals surface area contributed by atoms with Crippen LogP contribution in [-0.2, 0) is 16.1 Å². The number of ether oxygens (including phenoxy) is 1. The average Bonchev–Trinajstić information content (AvgIpc) is 3.07. The van der Waals surface area contributed by atoms with Gasteiger partial charge in [0.1, 0.15) is 0 Å². The van der Waals surface area contributed by atoms with Gasteiger partial charge in [0.25, 0.3) is 5.91 Å². The fourth-order valence-electron chi connectivity index (χ4n) is 4.23. The molecule has 0 aromatic heterocycles. The van der Waals surface area contributed by atoms with Gasteiger partial charge in [-0.05, 0) is 50.1 Å². The molecular formula is C25H34ClN3O2. The van der Waals surface area contributed by atoms with Gasteiger partial charge in [0.2, 0.25) is 0 Å². The van der Waals surface area contributed by atoms with Crippen molar-refractivity contribution >= 4 is 17.5 Å². The van der Waals surface area contributed by atoms with E-state index >= 15 is 0 Å². The lowest BCUT2D eigenvalue weighted by Gasteiger charge is -2.36. The van der Waals surface area contributed by atoms with Gasteiger partial charge < -0.3 is 14.5 Å². The first-order valence-electron chi connectivity index (χ1n) is 11.0. The number of hydrogen-bond acceptors (Lipinski definition) is 4. The minimum Gasteiger partial charge on any atom is -0.383 e. The van der Waals surface area contributed by atoms with Crippen LogP contribution in [0.3, 0.4) is 0 Å². The van der Waals surface area contributed by atoms with E-state index in [2.05, 4.69) is 28.9 Å². The van der Waals surface area contributed by atoms with E-state index in [1.165, 1.54) is 5.70 Å². The molecule has 0 N–H and O–H groups in total. The largest absolute Gasteiger partial charge is 0.383 e. The van der Waals surface area contributed by atoms with Gasteiger partial charge in [0.15, 0.2) is 0 Å². The zero-order valence-corrected chi connectivity index (χ0v) is 19.9. The molecule has 168 valence electrons.